The monoisotopic (exact) mass is 399 g/mol. The maximum Gasteiger partial charge on any atom is 0.325 e. The normalized spacial score (nSPS) is 21.3. The van der Waals surface area contributed by atoms with E-state index in [1.165, 1.54) is 13.0 Å². The highest BCUT2D eigenvalue weighted by molar-refractivity contribution is 6.09. The van der Waals surface area contributed by atoms with Crippen molar-refractivity contribution in [3.8, 4) is 0 Å². The van der Waals surface area contributed by atoms with Crippen molar-refractivity contribution in [2.45, 2.75) is 31.3 Å². The fourth-order valence-electron chi connectivity index (χ4n) is 4.09. The van der Waals surface area contributed by atoms with Crippen LogP contribution >= 0.6 is 0 Å². The van der Waals surface area contributed by atoms with Crippen molar-refractivity contribution in [1.82, 2.24) is 15.5 Å². The van der Waals surface area contributed by atoms with Crippen molar-refractivity contribution >= 4 is 17.8 Å². The summed E-state index contributed by atoms with van der Waals surface area (Å²) in [6.07, 6.45) is 1.09. The van der Waals surface area contributed by atoms with Crippen LogP contribution in [0.4, 0.5) is 13.6 Å². The number of hydrogen-bond acceptors (Lipinski definition) is 3. The van der Waals surface area contributed by atoms with Crippen LogP contribution < -0.4 is 10.6 Å². The summed E-state index contributed by atoms with van der Waals surface area (Å²) in [4.78, 5) is 38.8. The van der Waals surface area contributed by atoms with Gasteiger partial charge in [-0.15, -0.1) is 0 Å². The summed E-state index contributed by atoms with van der Waals surface area (Å²) >= 11 is 0. The second-order valence-corrected chi connectivity index (χ2v) is 7.34. The van der Waals surface area contributed by atoms with Crippen LogP contribution in [0.15, 0.2) is 42.5 Å². The average molecular weight is 399 g/mol. The zero-order chi connectivity index (χ0) is 20.8. The van der Waals surface area contributed by atoms with E-state index in [0.717, 1.165) is 28.2 Å². The van der Waals surface area contributed by atoms with E-state index in [-0.39, 0.29) is 5.56 Å². The lowest BCUT2D eigenvalue weighted by Gasteiger charge is -2.22. The molecule has 4 rings (SSSR count). The van der Waals surface area contributed by atoms with Crippen LogP contribution in [0.1, 0.15) is 36.1 Å². The Morgan fingerprint density at radius 1 is 1.24 bits per heavy atom. The number of fused-ring (bicyclic) bond motifs is 2. The van der Waals surface area contributed by atoms with E-state index >= 15 is 0 Å². The van der Waals surface area contributed by atoms with Gasteiger partial charge in [0.2, 0.25) is 5.91 Å². The van der Waals surface area contributed by atoms with E-state index in [4.69, 9.17) is 0 Å². The summed E-state index contributed by atoms with van der Waals surface area (Å²) in [7, 11) is 0. The summed E-state index contributed by atoms with van der Waals surface area (Å²) in [6.45, 7) is 1.05. The Kier molecular flexibility index (Phi) is 4.56. The number of nitrogens with zero attached hydrogens (tertiary/aromatic N) is 1. The minimum absolute atomic E-state index is 0.109. The van der Waals surface area contributed by atoms with Crippen molar-refractivity contribution in [2.24, 2.45) is 0 Å². The summed E-state index contributed by atoms with van der Waals surface area (Å²) < 4.78 is 27.0. The van der Waals surface area contributed by atoms with E-state index in [2.05, 4.69) is 10.6 Å². The van der Waals surface area contributed by atoms with Crippen LogP contribution in [0.2, 0.25) is 0 Å². The topological polar surface area (TPSA) is 78.5 Å². The number of rotatable bonds is 4. The smallest absolute Gasteiger partial charge is 0.325 e. The lowest BCUT2D eigenvalue weighted by atomic mass is 9.92. The van der Waals surface area contributed by atoms with Crippen molar-refractivity contribution < 1.29 is 23.2 Å². The number of nitrogens with one attached hydrogen (secondary N) is 2. The SMILES string of the molecule is CC(NC(=O)CN1C(=O)NC2(CCc3ccccc32)C1=O)c1ccc(F)cc1F. The van der Waals surface area contributed by atoms with Gasteiger partial charge in [-0.3, -0.25) is 14.5 Å². The molecule has 0 radical (unpaired) electrons. The molecule has 0 bridgehead atoms. The van der Waals surface area contributed by atoms with Crippen LogP contribution in [0.25, 0.3) is 0 Å². The van der Waals surface area contributed by atoms with E-state index in [0.29, 0.717) is 12.8 Å². The summed E-state index contributed by atoms with van der Waals surface area (Å²) in [5, 5.41) is 5.29. The van der Waals surface area contributed by atoms with Gasteiger partial charge in [-0.2, -0.15) is 0 Å². The highest BCUT2D eigenvalue weighted by atomic mass is 19.1. The van der Waals surface area contributed by atoms with Gasteiger partial charge in [-0.05, 0) is 37.0 Å². The first kappa shape index (κ1) is 19.0. The van der Waals surface area contributed by atoms with Gasteiger partial charge in [0.1, 0.15) is 23.7 Å². The molecule has 6 nitrogen and oxygen atoms in total. The molecule has 0 aromatic heterocycles. The first-order valence-electron chi connectivity index (χ1n) is 9.28. The van der Waals surface area contributed by atoms with Crippen LogP contribution in [0.3, 0.4) is 0 Å². The number of hydrogen-bond donors (Lipinski definition) is 2. The van der Waals surface area contributed by atoms with Gasteiger partial charge >= 0.3 is 6.03 Å². The Labute approximate surface area is 165 Å². The number of urea groups is 1. The average Bonchev–Trinajstić information content (AvgIpc) is 3.15. The molecule has 1 aliphatic heterocycles. The van der Waals surface area contributed by atoms with Gasteiger partial charge in [0, 0.05) is 11.6 Å². The Hall–Kier alpha value is -3.29. The first-order valence-corrected chi connectivity index (χ1v) is 9.28. The zero-order valence-electron chi connectivity index (χ0n) is 15.7. The van der Waals surface area contributed by atoms with Crippen molar-refractivity contribution in [1.29, 1.82) is 0 Å². The van der Waals surface area contributed by atoms with Crippen molar-refractivity contribution in [3.63, 3.8) is 0 Å². The number of halogens is 2. The molecule has 4 amide bonds. The second-order valence-electron chi connectivity index (χ2n) is 7.34. The Morgan fingerprint density at radius 2 is 2.00 bits per heavy atom. The molecule has 2 aliphatic rings. The van der Waals surface area contributed by atoms with Gasteiger partial charge in [0.25, 0.3) is 5.91 Å². The third-order valence-electron chi connectivity index (χ3n) is 5.53. The van der Waals surface area contributed by atoms with E-state index in [1.54, 1.807) is 6.07 Å². The van der Waals surface area contributed by atoms with Crippen LogP contribution in [0.5, 0.6) is 0 Å². The highest BCUT2D eigenvalue weighted by Gasteiger charge is 2.55. The highest BCUT2D eigenvalue weighted by Crippen LogP contribution is 2.41. The lowest BCUT2D eigenvalue weighted by Crippen LogP contribution is -2.44. The molecule has 1 spiro atoms. The largest absolute Gasteiger partial charge is 0.348 e. The summed E-state index contributed by atoms with van der Waals surface area (Å²) in [5.41, 5.74) is 0.719. The van der Waals surface area contributed by atoms with Gasteiger partial charge < -0.3 is 10.6 Å². The molecule has 2 N–H and O–H groups in total. The standard InChI is InChI=1S/C21H19F2N3O3/c1-12(15-7-6-14(22)10-17(15)23)24-18(27)11-26-19(28)21(25-20(26)29)9-8-13-4-2-3-5-16(13)21/h2-7,10,12H,8-9,11H2,1H3,(H,24,27)(H,25,29). The molecule has 2 aromatic carbocycles. The number of carbonyl (C=O) groups is 3. The minimum atomic E-state index is -1.14. The second kappa shape index (κ2) is 6.95. The summed E-state index contributed by atoms with van der Waals surface area (Å²) in [6, 6.07) is 9.08. The number of imide groups is 1. The maximum absolute atomic E-state index is 13.9. The fraction of sp³-hybridized carbons (Fsp3) is 0.286. The van der Waals surface area contributed by atoms with Crippen LogP contribution in [-0.2, 0) is 21.5 Å². The van der Waals surface area contributed by atoms with Gasteiger partial charge in [-0.25, -0.2) is 13.6 Å². The fourth-order valence-corrected chi connectivity index (χ4v) is 4.09. The number of carbonyl (C=O) groups excluding carboxylic acids is 3. The van der Waals surface area contributed by atoms with Gasteiger partial charge in [0.15, 0.2) is 0 Å². The zero-order valence-corrected chi connectivity index (χ0v) is 15.7. The van der Waals surface area contributed by atoms with Gasteiger partial charge in [-0.1, -0.05) is 30.3 Å². The molecular weight excluding hydrogens is 380 g/mol. The molecule has 2 atom stereocenters. The molecule has 2 unspecified atom stereocenters. The Bertz CT molecular complexity index is 1030. The maximum atomic E-state index is 13.9. The summed E-state index contributed by atoms with van der Waals surface area (Å²) in [5.74, 6) is -2.59. The molecule has 1 saturated heterocycles. The molecular formula is C21H19F2N3O3. The third-order valence-corrected chi connectivity index (χ3v) is 5.53. The number of aryl methyl sites for hydroxylation is 1. The molecule has 1 aliphatic carbocycles. The predicted octanol–water partition coefficient (Wildman–Crippen LogP) is 2.54. The Balaban J connectivity index is 1.48. The van der Waals surface area contributed by atoms with Crippen LogP contribution in [0, 0.1) is 11.6 Å². The quantitative estimate of drug-likeness (QED) is 0.776. The molecule has 1 heterocycles. The molecule has 29 heavy (non-hydrogen) atoms. The van der Waals surface area contributed by atoms with Crippen molar-refractivity contribution in [2.75, 3.05) is 6.54 Å². The first-order chi connectivity index (χ1) is 13.8. The number of benzene rings is 2. The van der Waals surface area contributed by atoms with Crippen LogP contribution in [-0.4, -0.2) is 29.3 Å². The van der Waals surface area contributed by atoms with E-state index in [1.807, 2.05) is 18.2 Å². The lowest BCUT2D eigenvalue weighted by molar-refractivity contribution is -0.135. The van der Waals surface area contributed by atoms with Gasteiger partial charge in [0.05, 0.1) is 6.04 Å². The van der Waals surface area contributed by atoms with Crippen molar-refractivity contribution in [3.05, 3.63) is 70.8 Å². The predicted molar refractivity (Wildman–Crippen MR) is 99.6 cm³/mol. The number of amides is 4. The third kappa shape index (κ3) is 3.14. The van der Waals surface area contributed by atoms with E-state index < -0.39 is 47.6 Å². The molecule has 0 saturated carbocycles. The van der Waals surface area contributed by atoms with E-state index in [9.17, 15) is 23.2 Å². The Morgan fingerprint density at radius 3 is 2.76 bits per heavy atom. The molecule has 8 heteroatoms. The molecule has 2 aromatic rings. The molecule has 1 fully saturated rings. The minimum Gasteiger partial charge on any atom is -0.348 e. The molecule has 150 valence electrons.